The van der Waals surface area contributed by atoms with Gasteiger partial charge in [-0.1, -0.05) is 66.7 Å². The molecule has 0 radical (unpaired) electrons. The molecule has 0 aromatic heterocycles. The first-order valence-corrected chi connectivity index (χ1v) is 8.37. The molecule has 0 amide bonds. The fourth-order valence-corrected chi connectivity index (χ4v) is 3.90. The van der Waals surface area contributed by atoms with Gasteiger partial charge in [-0.2, -0.15) is 13.2 Å². The van der Waals surface area contributed by atoms with Crippen molar-refractivity contribution in [2.24, 2.45) is 0 Å². The smallest absolute Gasteiger partial charge is 0.166 e. The standard InChI is InChI=1S/C23H13F3/c24-23(25,26)15-10-8-14(9-11-15)16-12-13-21-18-5-2-1-4-17(18)20-7-3-6-19(16)22(20)21/h1-13H. The van der Waals surface area contributed by atoms with Crippen LogP contribution >= 0.6 is 0 Å². The zero-order valence-electron chi connectivity index (χ0n) is 13.6. The number of halogens is 3. The SMILES string of the molecule is FC(F)(F)c1ccc(-c2ccc3c4c(cccc24)-c2ccccc2-3)cc1. The van der Waals surface area contributed by atoms with Crippen LogP contribution in [0.25, 0.3) is 44.2 Å². The summed E-state index contributed by atoms with van der Waals surface area (Å²) in [5.41, 5.74) is 5.89. The Bertz CT molecular complexity index is 1120. The number of benzene rings is 4. The van der Waals surface area contributed by atoms with Gasteiger partial charge in [0.25, 0.3) is 0 Å². The van der Waals surface area contributed by atoms with Crippen LogP contribution in [0.3, 0.4) is 0 Å². The van der Waals surface area contributed by atoms with Gasteiger partial charge in [0.05, 0.1) is 5.56 Å². The quantitative estimate of drug-likeness (QED) is 0.302. The molecule has 0 spiro atoms. The van der Waals surface area contributed by atoms with Gasteiger partial charge in [0.15, 0.2) is 0 Å². The van der Waals surface area contributed by atoms with Gasteiger partial charge in [0.1, 0.15) is 0 Å². The van der Waals surface area contributed by atoms with Crippen LogP contribution in [0.4, 0.5) is 13.2 Å². The van der Waals surface area contributed by atoms with Crippen molar-refractivity contribution in [3.63, 3.8) is 0 Å². The fourth-order valence-electron chi connectivity index (χ4n) is 3.90. The van der Waals surface area contributed by atoms with Crippen molar-refractivity contribution in [2.45, 2.75) is 6.18 Å². The molecule has 0 bridgehead atoms. The third kappa shape index (κ3) is 2.10. The van der Waals surface area contributed by atoms with Crippen molar-refractivity contribution < 1.29 is 13.2 Å². The predicted molar refractivity (Wildman–Crippen MR) is 98.8 cm³/mol. The lowest BCUT2D eigenvalue weighted by Crippen LogP contribution is -2.04. The lowest BCUT2D eigenvalue weighted by Gasteiger charge is -2.11. The van der Waals surface area contributed by atoms with Crippen LogP contribution in [-0.2, 0) is 6.18 Å². The van der Waals surface area contributed by atoms with E-state index in [1.807, 2.05) is 30.3 Å². The number of hydrogen-bond donors (Lipinski definition) is 0. The van der Waals surface area contributed by atoms with Crippen LogP contribution in [0.15, 0.2) is 78.9 Å². The molecule has 0 heterocycles. The molecule has 0 nitrogen and oxygen atoms in total. The van der Waals surface area contributed by atoms with Crippen LogP contribution in [0.2, 0.25) is 0 Å². The summed E-state index contributed by atoms with van der Waals surface area (Å²) in [4.78, 5) is 0. The van der Waals surface area contributed by atoms with E-state index in [0.717, 1.165) is 28.6 Å². The maximum Gasteiger partial charge on any atom is 0.416 e. The first-order chi connectivity index (χ1) is 12.5. The van der Waals surface area contributed by atoms with Crippen LogP contribution in [-0.4, -0.2) is 0 Å². The Morgan fingerprint density at radius 2 is 1.08 bits per heavy atom. The van der Waals surface area contributed by atoms with Gasteiger partial charge in [-0.05, 0) is 56.3 Å². The van der Waals surface area contributed by atoms with E-state index in [4.69, 9.17) is 0 Å². The molecule has 0 atom stereocenters. The van der Waals surface area contributed by atoms with Crippen molar-refractivity contribution in [1.82, 2.24) is 0 Å². The lowest BCUT2D eigenvalue weighted by molar-refractivity contribution is -0.137. The normalized spacial score (nSPS) is 12.4. The number of rotatable bonds is 1. The van der Waals surface area contributed by atoms with E-state index < -0.39 is 11.7 Å². The van der Waals surface area contributed by atoms with Gasteiger partial charge in [0, 0.05) is 0 Å². The Balaban J connectivity index is 1.74. The Hall–Kier alpha value is -3.07. The summed E-state index contributed by atoms with van der Waals surface area (Å²) in [5, 5.41) is 2.24. The number of fused-ring (bicyclic) bond motifs is 3. The molecule has 1 aliphatic rings. The molecule has 0 aliphatic heterocycles. The lowest BCUT2D eigenvalue weighted by atomic mass is 9.94. The van der Waals surface area contributed by atoms with Gasteiger partial charge in [-0.25, -0.2) is 0 Å². The van der Waals surface area contributed by atoms with Crippen molar-refractivity contribution in [2.75, 3.05) is 0 Å². The molecule has 4 aromatic carbocycles. The summed E-state index contributed by atoms with van der Waals surface area (Å²) in [6.45, 7) is 0. The molecular formula is C23H13F3. The summed E-state index contributed by atoms with van der Waals surface area (Å²) in [6, 6.07) is 23.9. The Kier molecular flexibility index (Phi) is 3.05. The maximum atomic E-state index is 12.8. The van der Waals surface area contributed by atoms with E-state index in [0.29, 0.717) is 0 Å². The average molecular weight is 346 g/mol. The largest absolute Gasteiger partial charge is 0.416 e. The van der Waals surface area contributed by atoms with Crippen LogP contribution in [0, 0.1) is 0 Å². The molecule has 126 valence electrons. The molecule has 5 rings (SSSR count). The monoisotopic (exact) mass is 346 g/mol. The topological polar surface area (TPSA) is 0 Å². The number of hydrogen-bond acceptors (Lipinski definition) is 0. The third-order valence-electron chi connectivity index (χ3n) is 5.07. The minimum atomic E-state index is -4.32. The minimum absolute atomic E-state index is 0.625. The van der Waals surface area contributed by atoms with Crippen molar-refractivity contribution >= 4 is 10.8 Å². The molecule has 0 saturated heterocycles. The van der Waals surface area contributed by atoms with Gasteiger partial charge in [0.2, 0.25) is 0 Å². The van der Waals surface area contributed by atoms with Crippen LogP contribution < -0.4 is 0 Å². The highest BCUT2D eigenvalue weighted by Gasteiger charge is 2.30. The second-order valence-electron chi connectivity index (χ2n) is 6.51. The van der Waals surface area contributed by atoms with Gasteiger partial charge >= 0.3 is 6.18 Å². The maximum absolute atomic E-state index is 12.8. The summed E-state index contributed by atoms with van der Waals surface area (Å²) >= 11 is 0. The second kappa shape index (κ2) is 5.21. The first-order valence-electron chi connectivity index (χ1n) is 8.37. The third-order valence-corrected chi connectivity index (χ3v) is 5.07. The highest BCUT2D eigenvalue weighted by atomic mass is 19.4. The minimum Gasteiger partial charge on any atom is -0.166 e. The van der Waals surface area contributed by atoms with Crippen molar-refractivity contribution in [3.05, 3.63) is 84.4 Å². The van der Waals surface area contributed by atoms with Gasteiger partial charge in [-0.15, -0.1) is 0 Å². The zero-order chi connectivity index (χ0) is 17.9. The number of alkyl halides is 3. The first kappa shape index (κ1) is 15.2. The van der Waals surface area contributed by atoms with Crippen LogP contribution in [0.5, 0.6) is 0 Å². The van der Waals surface area contributed by atoms with E-state index >= 15 is 0 Å². The fraction of sp³-hybridized carbons (Fsp3) is 0.0435. The van der Waals surface area contributed by atoms with Crippen molar-refractivity contribution in [3.8, 4) is 33.4 Å². The van der Waals surface area contributed by atoms with E-state index in [1.54, 1.807) is 12.1 Å². The molecule has 0 unspecified atom stereocenters. The Labute approximate surface area is 148 Å². The van der Waals surface area contributed by atoms with Gasteiger partial charge in [-0.3, -0.25) is 0 Å². The highest BCUT2D eigenvalue weighted by molar-refractivity contribution is 6.18. The van der Waals surface area contributed by atoms with E-state index in [-0.39, 0.29) is 0 Å². The zero-order valence-corrected chi connectivity index (χ0v) is 13.6. The molecular weight excluding hydrogens is 333 g/mol. The predicted octanol–water partition coefficient (Wildman–Crippen LogP) is 7.17. The van der Waals surface area contributed by atoms with Crippen LogP contribution in [0.1, 0.15) is 5.56 Å². The summed E-state index contributed by atoms with van der Waals surface area (Å²) in [5.74, 6) is 0. The average Bonchev–Trinajstić information content (AvgIpc) is 2.98. The van der Waals surface area contributed by atoms with E-state index in [2.05, 4.69) is 24.3 Å². The highest BCUT2D eigenvalue weighted by Crippen LogP contribution is 2.49. The molecule has 0 fully saturated rings. The van der Waals surface area contributed by atoms with Gasteiger partial charge < -0.3 is 0 Å². The summed E-state index contributed by atoms with van der Waals surface area (Å²) in [6.07, 6.45) is -4.32. The van der Waals surface area contributed by atoms with Crippen molar-refractivity contribution in [1.29, 1.82) is 0 Å². The molecule has 1 aliphatic carbocycles. The second-order valence-corrected chi connectivity index (χ2v) is 6.51. The van der Waals surface area contributed by atoms with E-state index in [9.17, 15) is 13.2 Å². The van der Waals surface area contributed by atoms with E-state index in [1.165, 1.54) is 27.6 Å². The Morgan fingerprint density at radius 3 is 1.73 bits per heavy atom. The molecule has 26 heavy (non-hydrogen) atoms. The molecule has 3 heteroatoms. The molecule has 4 aromatic rings. The molecule has 0 N–H and O–H groups in total. The molecule has 0 saturated carbocycles. The summed E-state index contributed by atoms with van der Waals surface area (Å²) < 4.78 is 38.5. The Morgan fingerprint density at radius 1 is 0.500 bits per heavy atom. The summed E-state index contributed by atoms with van der Waals surface area (Å²) in [7, 11) is 0.